The van der Waals surface area contributed by atoms with E-state index >= 15 is 0 Å². The van der Waals surface area contributed by atoms with Crippen LogP contribution in [0.25, 0.3) is 10.2 Å². The molecule has 1 amide bonds. The van der Waals surface area contributed by atoms with Gasteiger partial charge in [0.15, 0.2) is 0 Å². The van der Waals surface area contributed by atoms with Crippen molar-refractivity contribution in [3.8, 4) is 0 Å². The second-order valence-electron chi connectivity index (χ2n) is 4.71. The topological polar surface area (TPSA) is 54.0 Å². The van der Waals surface area contributed by atoms with Crippen LogP contribution < -0.4 is 10.6 Å². The molecule has 0 saturated heterocycles. The van der Waals surface area contributed by atoms with Gasteiger partial charge in [-0.1, -0.05) is 15.9 Å². The Bertz CT molecular complexity index is 609. The summed E-state index contributed by atoms with van der Waals surface area (Å²) in [6, 6.07) is 6.36. The van der Waals surface area contributed by atoms with Gasteiger partial charge in [0.2, 0.25) is 5.91 Å². The van der Waals surface area contributed by atoms with E-state index in [1.165, 1.54) is 0 Å². The van der Waals surface area contributed by atoms with Gasteiger partial charge in [0.1, 0.15) is 0 Å². The van der Waals surface area contributed by atoms with Crippen molar-refractivity contribution in [2.24, 2.45) is 0 Å². The average Bonchev–Trinajstić information content (AvgIpc) is 2.84. The Kier molecular flexibility index (Phi) is 10.2. The number of carbonyl (C=O) groups excluding carboxylic acids is 1. The largest absolute Gasteiger partial charge is 0.355 e. The molecule has 0 bridgehead atoms. The molecular weight excluding hydrogens is 409 g/mol. The van der Waals surface area contributed by atoms with Crippen LogP contribution in [-0.2, 0) is 11.2 Å². The summed E-state index contributed by atoms with van der Waals surface area (Å²) in [5, 5.41) is 7.01. The number of halogens is 3. The number of aromatic nitrogens is 1. The molecule has 8 heteroatoms. The molecule has 2 rings (SSSR count). The summed E-state index contributed by atoms with van der Waals surface area (Å²) >= 11 is 5.09. The van der Waals surface area contributed by atoms with Gasteiger partial charge in [-0.05, 0) is 32.2 Å². The number of aryl methyl sites for hydroxylation is 1. The number of nitrogens with zero attached hydrogens (tertiary/aromatic N) is 1. The highest BCUT2D eigenvalue weighted by Gasteiger charge is 2.08. The molecule has 0 saturated carbocycles. The lowest BCUT2D eigenvalue weighted by Gasteiger charge is -2.10. The van der Waals surface area contributed by atoms with Crippen molar-refractivity contribution < 1.29 is 4.79 Å². The Morgan fingerprint density at radius 3 is 2.82 bits per heavy atom. The molecule has 2 aromatic rings. The number of rotatable bonds is 6. The molecule has 1 aromatic heterocycles. The third-order valence-corrected chi connectivity index (χ3v) is 4.65. The van der Waals surface area contributed by atoms with E-state index in [2.05, 4.69) is 37.6 Å². The van der Waals surface area contributed by atoms with Crippen LogP contribution in [0.4, 0.5) is 0 Å². The van der Waals surface area contributed by atoms with Gasteiger partial charge in [0.05, 0.1) is 15.2 Å². The Morgan fingerprint density at radius 1 is 1.41 bits per heavy atom. The van der Waals surface area contributed by atoms with Gasteiger partial charge in [-0.3, -0.25) is 4.79 Å². The number of fused-ring (bicyclic) bond motifs is 1. The quantitative estimate of drug-likeness (QED) is 0.739. The number of benzene rings is 1. The number of likely N-dealkylation sites (N-methyl/N-ethyl adjacent to an activating group) is 1. The second kappa shape index (κ2) is 10.4. The van der Waals surface area contributed by atoms with Crippen LogP contribution in [0.5, 0.6) is 0 Å². The molecule has 1 atom stereocenters. The minimum absolute atomic E-state index is 0. The first-order chi connectivity index (χ1) is 9.58. The van der Waals surface area contributed by atoms with Gasteiger partial charge in [0.25, 0.3) is 0 Å². The predicted octanol–water partition coefficient (Wildman–Crippen LogP) is 3.56. The number of nitrogens with one attached hydrogen (secondary N) is 2. The van der Waals surface area contributed by atoms with E-state index in [1.54, 1.807) is 11.3 Å². The number of hydrogen-bond donors (Lipinski definition) is 2. The van der Waals surface area contributed by atoms with Gasteiger partial charge < -0.3 is 10.6 Å². The maximum Gasteiger partial charge on any atom is 0.220 e. The molecule has 4 nitrogen and oxygen atoms in total. The molecular formula is C14H20BrCl2N3OS. The fraction of sp³-hybridized carbons (Fsp3) is 0.429. The molecule has 0 spiro atoms. The van der Waals surface area contributed by atoms with Crippen LogP contribution in [0.1, 0.15) is 18.4 Å². The van der Waals surface area contributed by atoms with Crippen LogP contribution in [-0.4, -0.2) is 30.5 Å². The normalized spacial score (nSPS) is 11.4. The van der Waals surface area contributed by atoms with E-state index < -0.39 is 0 Å². The van der Waals surface area contributed by atoms with Gasteiger partial charge >= 0.3 is 0 Å². The molecule has 1 unspecified atom stereocenters. The Morgan fingerprint density at radius 2 is 2.14 bits per heavy atom. The molecule has 0 radical (unpaired) electrons. The molecule has 0 fully saturated rings. The minimum atomic E-state index is 0. The third-order valence-electron chi connectivity index (χ3n) is 3.06. The summed E-state index contributed by atoms with van der Waals surface area (Å²) in [5.74, 6) is 0.0764. The zero-order valence-corrected chi connectivity index (χ0v) is 16.4. The van der Waals surface area contributed by atoms with Crippen molar-refractivity contribution in [3.63, 3.8) is 0 Å². The highest BCUT2D eigenvalue weighted by molar-refractivity contribution is 9.10. The number of hydrogen-bond acceptors (Lipinski definition) is 4. The summed E-state index contributed by atoms with van der Waals surface area (Å²) in [5.41, 5.74) is 0.989. The van der Waals surface area contributed by atoms with Crippen molar-refractivity contribution in [2.45, 2.75) is 25.8 Å². The molecule has 0 aliphatic heterocycles. The van der Waals surface area contributed by atoms with Crippen molar-refractivity contribution in [3.05, 3.63) is 27.7 Å². The van der Waals surface area contributed by atoms with Gasteiger partial charge in [-0.25, -0.2) is 4.98 Å². The van der Waals surface area contributed by atoms with Gasteiger partial charge in [-0.2, -0.15) is 0 Å². The molecule has 2 N–H and O–H groups in total. The summed E-state index contributed by atoms with van der Waals surface area (Å²) in [6.45, 7) is 2.69. The molecule has 22 heavy (non-hydrogen) atoms. The van der Waals surface area contributed by atoms with E-state index in [1.807, 2.05) is 26.1 Å². The van der Waals surface area contributed by atoms with Crippen LogP contribution in [0.2, 0.25) is 0 Å². The van der Waals surface area contributed by atoms with E-state index in [0.717, 1.165) is 19.7 Å². The second-order valence-corrected chi connectivity index (χ2v) is 6.74. The van der Waals surface area contributed by atoms with Crippen LogP contribution in [0.15, 0.2) is 22.7 Å². The Balaban J connectivity index is 0.00000220. The van der Waals surface area contributed by atoms with Gasteiger partial charge in [0, 0.05) is 29.9 Å². The first kappa shape index (κ1) is 21.6. The molecule has 1 aromatic carbocycles. The van der Waals surface area contributed by atoms with Crippen molar-refractivity contribution in [2.75, 3.05) is 13.6 Å². The lowest BCUT2D eigenvalue weighted by Crippen LogP contribution is -2.37. The summed E-state index contributed by atoms with van der Waals surface area (Å²) in [7, 11) is 1.88. The van der Waals surface area contributed by atoms with E-state index in [-0.39, 0.29) is 30.7 Å². The van der Waals surface area contributed by atoms with Crippen LogP contribution in [0.3, 0.4) is 0 Å². The molecule has 0 aliphatic rings. The van der Waals surface area contributed by atoms with Crippen molar-refractivity contribution in [1.82, 2.24) is 15.6 Å². The molecule has 124 valence electrons. The maximum absolute atomic E-state index is 11.7. The summed E-state index contributed by atoms with van der Waals surface area (Å²) < 4.78 is 2.19. The third kappa shape index (κ3) is 6.38. The number of thiazole rings is 1. The zero-order chi connectivity index (χ0) is 14.5. The first-order valence-corrected chi connectivity index (χ1v) is 8.18. The van der Waals surface area contributed by atoms with Crippen LogP contribution in [0, 0.1) is 0 Å². The maximum atomic E-state index is 11.7. The fourth-order valence-electron chi connectivity index (χ4n) is 1.73. The van der Waals surface area contributed by atoms with E-state index in [4.69, 9.17) is 0 Å². The number of carbonyl (C=O) groups is 1. The molecule has 1 heterocycles. The highest BCUT2D eigenvalue weighted by atomic mass is 79.9. The first-order valence-electron chi connectivity index (χ1n) is 6.57. The monoisotopic (exact) mass is 427 g/mol. The minimum Gasteiger partial charge on any atom is -0.355 e. The molecule has 0 aliphatic carbocycles. The Hall–Kier alpha value is -0.400. The lowest BCUT2D eigenvalue weighted by molar-refractivity contribution is -0.121. The smallest absolute Gasteiger partial charge is 0.220 e. The highest BCUT2D eigenvalue weighted by Crippen LogP contribution is 2.25. The SMILES string of the molecule is CNC(C)CNC(=O)CCc1nc2cc(Br)ccc2s1.Cl.Cl. The summed E-state index contributed by atoms with van der Waals surface area (Å²) in [4.78, 5) is 16.3. The van der Waals surface area contributed by atoms with E-state index in [0.29, 0.717) is 25.4 Å². The van der Waals surface area contributed by atoms with Crippen molar-refractivity contribution >= 4 is 68.2 Å². The zero-order valence-electron chi connectivity index (χ0n) is 12.4. The number of amides is 1. The van der Waals surface area contributed by atoms with E-state index in [9.17, 15) is 4.79 Å². The average molecular weight is 429 g/mol. The Labute approximate surface area is 155 Å². The van der Waals surface area contributed by atoms with Gasteiger partial charge in [-0.15, -0.1) is 36.2 Å². The fourth-order valence-corrected chi connectivity index (χ4v) is 3.03. The lowest BCUT2D eigenvalue weighted by atomic mass is 10.3. The standard InChI is InChI=1S/C14H18BrN3OS.2ClH/c1-9(16-2)8-17-13(19)5-6-14-18-11-7-10(15)3-4-12(11)20-14;;/h3-4,7,9,16H,5-6,8H2,1-2H3,(H,17,19);2*1H. The van der Waals surface area contributed by atoms with Crippen LogP contribution >= 0.6 is 52.1 Å². The predicted molar refractivity (Wildman–Crippen MR) is 102 cm³/mol. The van der Waals surface area contributed by atoms with Crippen molar-refractivity contribution in [1.29, 1.82) is 0 Å². The summed E-state index contributed by atoms with van der Waals surface area (Å²) in [6.07, 6.45) is 1.17.